The first-order chi connectivity index (χ1) is 15.0. The van der Waals surface area contributed by atoms with Gasteiger partial charge in [-0.2, -0.15) is 0 Å². The summed E-state index contributed by atoms with van der Waals surface area (Å²) in [6.45, 7) is 6.64. The number of nitrogens with zero attached hydrogens (tertiary/aromatic N) is 3. The Bertz CT molecular complexity index is 834. The minimum atomic E-state index is -0.0261. The minimum absolute atomic E-state index is 0.0261. The standard InChI is InChI=1S/C24H32N4O3/c1-20-8-10-21(11-9-20)25-23(29)18-27-12-14-28(15-13-27)24(30)19-26(2)16-17-31-22-6-4-3-5-7-22/h3-11H,12-19H2,1-2H3,(H,25,29). The first-order valence-electron chi connectivity index (χ1n) is 10.7. The highest BCUT2D eigenvalue weighted by Crippen LogP contribution is 2.10. The van der Waals surface area contributed by atoms with Crippen molar-refractivity contribution < 1.29 is 14.3 Å². The second-order valence-corrected chi connectivity index (χ2v) is 7.97. The van der Waals surface area contributed by atoms with E-state index in [9.17, 15) is 9.59 Å². The molecule has 0 saturated carbocycles. The fourth-order valence-electron chi connectivity index (χ4n) is 3.44. The number of nitrogens with one attached hydrogen (secondary N) is 1. The van der Waals surface area contributed by atoms with Crippen LogP contribution in [-0.4, -0.2) is 86.0 Å². The SMILES string of the molecule is Cc1ccc(NC(=O)CN2CCN(C(=O)CN(C)CCOc3ccccc3)CC2)cc1. The lowest BCUT2D eigenvalue weighted by Gasteiger charge is -2.35. The highest BCUT2D eigenvalue weighted by atomic mass is 16.5. The molecule has 0 aliphatic carbocycles. The van der Waals surface area contributed by atoms with E-state index in [-0.39, 0.29) is 11.8 Å². The van der Waals surface area contributed by atoms with Crippen molar-refractivity contribution in [2.24, 2.45) is 0 Å². The third-order valence-corrected chi connectivity index (χ3v) is 5.32. The molecule has 1 N–H and O–H groups in total. The topological polar surface area (TPSA) is 65.1 Å². The summed E-state index contributed by atoms with van der Waals surface area (Å²) < 4.78 is 5.69. The summed E-state index contributed by atoms with van der Waals surface area (Å²) >= 11 is 0. The van der Waals surface area contributed by atoms with E-state index in [1.54, 1.807) is 0 Å². The van der Waals surface area contributed by atoms with Gasteiger partial charge in [0.25, 0.3) is 0 Å². The number of carbonyl (C=O) groups excluding carboxylic acids is 2. The average molecular weight is 425 g/mol. The molecule has 1 heterocycles. The number of hydrogen-bond acceptors (Lipinski definition) is 5. The summed E-state index contributed by atoms with van der Waals surface area (Å²) in [6, 6.07) is 17.4. The fraction of sp³-hybridized carbons (Fsp3) is 0.417. The van der Waals surface area contributed by atoms with Crippen molar-refractivity contribution in [3.63, 3.8) is 0 Å². The van der Waals surface area contributed by atoms with Gasteiger partial charge < -0.3 is 15.0 Å². The normalized spacial score (nSPS) is 14.5. The lowest BCUT2D eigenvalue weighted by atomic mass is 10.2. The van der Waals surface area contributed by atoms with Crippen LogP contribution in [0.15, 0.2) is 54.6 Å². The van der Waals surface area contributed by atoms with Crippen LogP contribution in [0.4, 0.5) is 5.69 Å². The molecule has 0 unspecified atom stereocenters. The highest BCUT2D eigenvalue weighted by molar-refractivity contribution is 5.92. The molecule has 0 bridgehead atoms. The van der Waals surface area contributed by atoms with Crippen LogP contribution in [0, 0.1) is 6.92 Å². The predicted octanol–water partition coefficient (Wildman–Crippen LogP) is 2.09. The lowest BCUT2D eigenvalue weighted by Crippen LogP contribution is -2.52. The minimum Gasteiger partial charge on any atom is -0.492 e. The molecule has 0 spiro atoms. The van der Waals surface area contributed by atoms with Gasteiger partial charge in [-0.1, -0.05) is 35.9 Å². The van der Waals surface area contributed by atoms with Gasteiger partial charge in [0.05, 0.1) is 13.1 Å². The molecule has 1 fully saturated rings. The molecule has 1 aliphatic heterocycles. The molecule has 0 aromatic heterocycles. The lowest BCUT2D eigenvalue weighted by molar-refractivity contribution is -0.134. The van der Waals surface area contributed by atoms with Gasteiger partial charge >= 0.3 is 0 Å². The Morgan fingerprint density at radius 2 is 1.68 bits per heavy atom. The van der Waals surface area contributed by atoms with Gasteiger partial charge in [0.2, 0.25) is 11.8 Å². The number of para-hydroxylation sites is 1. The number of rotatable bonds is 9. The van der Waals surface area contributed by atoms with Crippen molar-refractivity contribution in [1.29, 1.82) is 0 Å². The Kier molecular flexibility index (Phi) is 8.44. The maximum atomic E-state index is 12.6. The molecule has 0 atom stereocenters. The highest BCUT2D eigenvalue weighted by Gasteiger charge is 2.23. The van der Waals surface area contributed by atoms with Gasteiger partial charge in [-0.15, -0.1) is 0 Å². The molecule has 2 aromatic carbocycles. The summed E-state index contributed by atoms with van der Waals surface area (Å²) in [5.74, 6) is 0.928. The van der Waals surface area contributed by atoms with E-state index in [0.29, 0.717) is 52.4 Å². The van der Waals surface area contributed by atoms with Crippen LogP contribution in [0.3, 0.4) is 0 Å². The van der Waals surface area contributed by atoms with E-state index in [2.05, 4.69) is 10.2 Å². The molecule has 1 saturated heterocycles. The molecular formula is C24H32N4O3. The van der Waals surface area contributed by atoms with Gasteiger partial charge in [0.15, 0.2) is 0 Å². The van der Waals surface area contributed by atoms with Crippen molar-refractivity contribution in [2.75, 3.05) is 64.8 Å². The molecular weight excluding hydrogens is 392 g/mol. The van der Waals surface area contributed by atoms with Crippen LogP contribution in [0.1, 0.15) is 5.56 Å². The van der Waals surface area contributed by atoms with Crippen LogP contribution < -0.4 is 10.1 Å². The predicted molar refractivity (Wildman–Crippen MR) is 122 cm³/mol. The third kappa shape index (κ3) is 7.70. The number of likely N-dealkylation sites (N-methyl/N-ethyl adjacent to an activating group) is 1. The number of piperazine rings is 1. The monoisotopic (exact) mass is 424 g/mol. The molecule has 7 nitrogen and oxygen atoms in total. The van der Waals surface area contributed by atoms with Gasteiger partial charge in [-0.3, -0.25) is 19.4 Å². The van der Waals surface area contributed by atoms with Crippen molar-refractivity contribution in [1.82, 2.24) is 14.7 Å². The number of carbonyl (C=O) groups is 2. The quantitative estimate of drug-likeness (QED) is 0.668. The van der Waals surface area contributed by atoms with E-state index >= 15 is 0 Å². The fourth-order valence-corrected chi connectivity index (χ4v) is 3.44. The number of aryl methyl sites for hydroxylation is 1. The van der Waals surface area contributed by atoms with Crippen LogP contribution >= 0.6 is 0 Å². The Balaban J connectivity index is 1.32. The van der Waals surface area contributed by atoms with Crippen molar-refractivity contribution in [3.8, 4) is 5.75 Å². The van der Waals surface area contributed by atoms with Crippen LogP contribution in [0.5, 0.6) is 5.75 Å². The Labute approximate surface area is 184 Å². The Hall–Kier alpha value is -2.90. The zero-order chi connectivity index (χ0) is 22.1. The van der Waals surface area contributed by atoms with Crippen molar-refractivity contribution in [2.45, 2.75) is 6.92 Å². The van der Waals surface area contributed by atoms with E-state index in [0.717, 1.165) is 17.0 Å². The summed E-state index contributed by atoms with van der Waals surface area (Å²) in [6.07, 6.45) is 0. The first-order valence-corrected chi connectivity index (χ1v) is 10.7. The smallest absolute Gasteiger partial charge is 0.238 e. The molecule has 1 aliphatic rings. The van der Waals surface area contributed by atoms with Crippen molar-refractivity contribution >= 4 is 17.5 Å². The molecule has 2 aromatic rings. The second kappa shape index (κ2) is 11.5. The number of ether oxygens (including phenoxy) is 1. The first kappa shape index (κ1) is 22.8. The van der Waals surface area contributed by atoms with Crippen LogP contribution in [0.25, 0.3) is 0 Å². The van der Waals surface area contributed by atoms with Gasteiger partial charge in [-0.05, 0) is 38.2 Å². The maximum absolute atomic E-state index is 12.6. The van der Waals surface area contributed by atoms with E-state index < -0.39 is 0 Å². The number of benzene rings is 2. The van der Waals surface area contributed by atoms with Gasteiger partial charge in [0.1, 0.15) is 12.4 Å². The number of anilines is 1. The Morgan fingerprint density at radius 1 is 1.00 bits per heavy atom. The maximum Gasteiger partial charge on any atom is 0.238 e. The van der Waals surface area contributed by atoms with E-state index in [4.69, 9.17) is 4.74 Å². The zero-order valence-corrected chi connectivity index (χ0v) is 18.4. The van der Waals surface area contributed by atoms with E-state index in [1.807, 2.05) is 78.4 Å². The van der Waals surface area contributed by atoms with Gasteiger partial charge in [-0.25, -0.2) is 0 Å². The summed E-state index contributed by atoms with van der Waals surface area (Å²) in [5, 5.41) is 2.93. The Morgan fingerprint density at radius 3 is 2.35 bits per heavy atom. The average Bonchev–Trinajstić information content (AvgIpc) is 2.76. The second-order valence-electron chi connectivity index (χ2n) is 7.97. The van der Waals surface area contributed by atoms with E-state index in [1.165, 1.54) is 0 Å². The summed E-state index contributed by atoms with van der Waals surface area (Å²) in [7, 11) is 1.93. The number of amides is 2. The molecule has 3 rings (SSSR count). The van der Waals surface area contributed by atoms with Crippen LogP contribution in [0.2, 0.25) is 0 Å². The van der Waals surface area contributed by atoms with Crippen LogP contribution in [-0.2, 0) is 9.59 Å². The molecule has 7 heteroatoms. The molecule has 2 amide bonds. The third-order valence-electron chi connectivity index (χ3n) is 5.32. The zero-order valence-electron chi connectivity index (χ0n) is 18.4. The van der Waals surface area contributed by atoms with Crippen molar-refractivity contribution in [3.05, 3.63) is 60.2 Å². The number of hydrogen-bond donors (Lipinski definition) is 1. The molecule has 31 heavy (non-hydrogen) atoms. The van der Waals surface area contributed by atoms with Gasteiger partial charge in [0, 0.05) is 38.4 Å². The molecule has 166 valence electrons. The molecule has 0 radical (unpaired) electrons. The summed E-state index contributed by atoms with van der Waals surface area (Å²) in [5.41, 5.74) is 1.97. The largest absolute Gasteiger partial charge is 0.492 e. The summed E-state index contributed by atoms with van der Waals surface area (Å²) in [4.78, 5) is 30.8.